The second-order valence-corrected chi connectivity index (χ2v) is 7.48. The largest absolute Gasteiger partial charge is 0.364 e. The number of imidazole rings is 1. The molecule has 5 rings (SSSR count). The third-order valence-corrected chi connectivity index (χ3v) is 5.32. The lowest BCUT2D eigenvalue weighted by molar-refractivity contribution is 0.475. The maximum absolute atomic E-state index is 14.6. The molecule has 3 aromatic rings. The average molecular weight is 386 g/mol. The first kappa shape index (κ1) is 17.3. The molecule has 0 spiro atoms. The van der Waals surface area contributed by atoms with Crippen molar-refractivity contribution in [3.8, 4) is 11.4 Å². The van der Waals surface area contributed by atoms with Gasteiger partial charge in [0.05, 0.1) is 0 Å². The molecule has 0 bridgehead atoms. The third-order valence-electron chi connectivity index (χ3n) is 5.32. The Morgan fingerprint density at radius 3 is 2.79 bits per heavy atom. The Bertz CT molecular complexity index is 1100. The number of nitrogens with zero attached hydrogens (tertiary/aromatic N) is 3. The zero-order chi connectivity index (χ0) is 19.3. The molecule has 2 fully saturated rings. The Morgan fingerprint density at radius 1 is 1.18 bits per heavy atom. The van der Waals surface area contributed by atoms with E-state index in [1.165, 1.54) is 16.8 Å². The summed E-state index contributed by atoms with van der Waals surface area (Å²) in [5.74, 6) is -1.33. The molecule has 1 aliphatic heterocycles. The zero-order valence-electron chi connectivity index (χ0n) is 15.1. The van der Waals surface area contributed by atoms with Crippen LogP contribution in [0.5, 0.6) is 0 Å². The van der Waals surface area contributed by atoms with Gasteiger partial charge in [-0.3, -0.25) is 4.79 Å². The smallest absolute Gasteiger partial charge is 0.205 e. The number of hydrogen-bond donors (Lipinski definition) is 3. The molecule has 0 amide bonds. The van der Waals surface area contributed by atoms with Crippen molar-refractivity contribution in [2.45, 2.75) is 37.6 Å². The van der Waals surface area contributed by atoms with Crippen molar-refractivity contribution in [2.75, 3.05) is 18.4 Å². The minimum atomic E-state index is -0.779. The topological polar surface area (TPSA) is 87.1 Å². The average Bonchev–Trinajstić information content (AvgIpc) is 3.45. The summed E-state index contributed by atoms with van der Waals surface area (Å²) in [6.07, 6.45) is 5.27. The SMILES string of the molecule is O=c1cc2[nH]cc(-c3nc(N[C@@H]4CCCNC4)c(F)cc3F)n2nc1C1CC1. The highest BCUT2D eigenvalue weighted by Crippen LogP contribution is 2.37. The molecule has 4 heterocycles. The van der Waals surface area contributed by atoms with Crippen LogP contribution >= 0.6 is 0 Å². The predicted molar refractivity (Wildman–Crippen MR) is 100 cm³/mol. The lowest BCUT2D eigenvalue weighted by atomic mass is 10.1. The maximum atomic E-state index is 14.6. The van der Waals surface area contributed by atoms with Crippen molar-refractivity contribution < 1.29 is 8.78 Å². The molecule has 2 aliphatic rings. The van der Waals surface area contributed by atoms with Gasteiger partial charge in [0.2, 0.25) is 5.43 Å². The minimum absolute atomic E-state index is 0.0166. The molecule has 1 atom stereocenters. The number of aromatic nitrogens is 4. The van der Waals surface area contributed by atoms with Gasteiger partial charge in [0.1, 0.15) is 22.7 Å². The van der Waals surface area contributed by atoms with Crippen LogP contribution in [0.2, 0.25) is 0 Å². The molecule has 0 radical (unpaired) electrons. The fraction of sp³-hybridized carbons (Fsp3) is 0.421. The molecule has 3 N–H and O–H groups in total. The minimum Gasteiger partial charge on any atom is -0.364 e. The standard InChI is InChI=1S/C19H20F2N6O/c20-12-6-13(21)19(24-11-2-1-5-22-8-11)25-18(12)14-9-23-16-7-15(28)17(10-3-4-10)26-27(14)16/h6-7,9-11,22-23H,1-5,8H2,(H,24,25)/t11-/m1/s1. The van der Waals surface area contributed by atoms with Crippen molar-refractivity contribution in [3.05, 3.63) is 45.9 Å². The predicted octanol–water partition coefficient (Wildman–Crippen LogP) is 2.40. The number of piperidine rings is 1. The molecule has 1 saturated carbocycles. The van der Waals surface area contributed by atoms with Crippen LogP contribution in [0.15, 0.2) is 23.1 Å². The van der Waals surface area contributed by atoms with Crippen molar-refractivity contribution in [2.24, 2.45) is 0 Å². The quantitative estimate of drug-likeness (QED) is 0.641. The van der Waals surface area contributed by atoms with E-state index < -0.39 is 11.6 Å². The van der Waals surface area contributed by atoms with Crippen LogP contribution in [0.4, 0.5) is 14.6 Å². The molecule has 9 heteroatoms. The van der Waals surface area contributed by atoms with Gasteiger partial charge >= 0.3 is 0 Å². The van der Waals surface area contributed by atoms with Gasteiger partial charge < -0.3 is 15.6 Å². The summed E-state index contributed by atoms with van der Waals surface area (Å²) in [6, 6.07) is 2.33. The van der Waals surface area contributed by atoms with Crippen molar-refractivity contribution in [1.82, 2.24) is 24.9 Å². The Morgan fingerprint density at radius 2 is 2.04 bits per heavy atom. The highest BCUT2D eigenvalue weighted by molar-refractivity contribution is 5.62. The first-order valence-electron chi connectivity index (χ1n) is 9.55. The van der Waals surface area contributed by atoms with Crippen LogP contribution in [0.1, 0.15) is 37.3 Å². The lowest BCUT2D eigenvalue weighted by Gasteiger charge is -2.24. The first-order chi connectivity index (χ1) is 13.6. The molecule has 0 unspecified atom stereocenters. The lowest BCUT2D eigenvalue weighted by Crippen LogP contribution is -2.38. The van der Waals surface area contributed by atoms with Gasteiger partial charge in [0, 0.05) is 36.8 Å². The van der Waals surface area contributed by atoms with E-state index in [9.17, 15) is 13.6 Å². The van der Waals surface area contributed by atoms with Gasteiger partial charge in [-0.2, -0.15) is 5.10 Å². The first-order valence-corrected chi connectivity index (χ1v) is 9.55. The molecule has 7 nitrogen and oxygen atoms in total. The van der Waals surface area contributed by atoms with E-state index in [0.717, 1.165) is 38.3 Å². The highest BCUT2D eigenvalue weighted by atomic mass is 19.1. The van der Waals surface area contributed by atoms with Crippen molar-refractivity contribution >= 4 is 11.5 Å². The van der Waals surface area contributed by atoms with Crippen LogP contribution in [0, 0.1) is 11.6 Å². The highest BCUT2D eigenvalue weighted by Gasteiger charge is 2.29. The van der Waals surface area contributed by atoms with Crippen LogP contribution in [-0.2, 0) is 0 Å². The number of aromatic amines is 1. The number of fused-ring (bicyclic) bond motifs is 1. The van der Waals surface area contributed by atoms with Crippen LogP contribution in [-0.4, -0.2) is 38.7 Å². The number of hydrogen-bond acceptors (Lipinski definition) is 5. The summed E-state index contributed by atoms with van der Waals surface area (Å²) in [7, 11) is 0. The van der Waals surface area contributed by atoms with E-state index in [2.05, 4.69) is 25.7 Å². The van der Waals surface area contributed by atoms with Crippen LogP contribution < -0.4 is 16.1 Å². The van der Waals surface area contributed by atoms with E-state index in [4.69, 9.17) is 0 Å². The fourth-order valence-electron chi connectivity index (χ4n) is 3.68. The summed E-state index contributed by atoms with van der Waals surface area (Å²) in [4.78, 5) is 19.3. The van der Waals surface area contributed by atoms with Gasteiger partial charge in [-0.05, 0) is 32.2 Å². The molecule has 1 aliphatic carbocycles. The van der Waals surface area contributed by atoms with Gasteiger partial charge in [0.15, 0.2) is 17.5 Å². The maximum Gasteiger partial charge on any atom is 0.205 e. The number of anilines is 1. The van der Waals surface area contributed by atoms with Gasteiger partial charge in [0.25, 0.3) is 0 Å². The molecule has 28 heavy (non-hydrogen) atoms. The second kappa shape index (κ2) is 6.66. The summed E-state index contributed by atoms with van der Waals surface area (Å²) in [5, 5.41) is 10.7. The molecular weight excluding hydrogens is 366 g/mol. The molecule has 1 saturated heterocycles. The van der Waals surface area contributed by atoms with Crippen molar-refractivity contribution in [3.63, 3.8) is 0 Å². The van der Waals surface area contributed by atoms with Gasteiger partial charge in [-0.15, -0.1) is 0 Å². The number of pyridine rings is 1. The number of rotatable bonds is 4. The Balaban J connectivity index is 1.57. The monoisotopic (exact) mass is 386 g/mol. The van der Waals surface area contributed by atoms with Gasteiger partial charge in [-0.1, -0.05) is 0 Å². The Hall–Kier alpha value is -2.81. The molecule has 0 aromatic carbocycles. The summed E-state index contributed by atoms with van der Waals surface area (Å²) in [5.41, 5.74) is 1.13. The van der Waals surface area contributed by atoms with Crippen LogP contribution in [0.25, 0.3) is 17.0 Å². The summed E-state index contributed by atoms with van der Waals surface area (Å²) < 4.78 is 30.4. The van der Waals surface area contributed by atoms with E-state index in [-0.39, 0.29) is 28.9 Å². The molecular formula is C19H20F2N6O. The summed E-state index contributed by atoms with van der Waals surface area (Å²) >= 11 is 0. The summed E-state index contributed by atoms with van der Waals surface area (Å²) in [6.45, 7) is 1.64. The molecule has 3 aromatic heterocycles. The van der Waals surface area contributed by atoms with E-state index in [1.54, 1.807) is 0 Å². The second-order valence-electron chi connectivity index (χ2n) is 7.48. The number of H-pyrrole nitrogens is 1. The van der Waals surface area contributed by atoms with Crippen molar-refractivity contribution in [1.29, 1.82) is 0 Å². The third kappa shape index (κ3) is 3.05. The normalized spacial score (nSPS) is 19.9. The number of nitrogens with one attached hydrogen (secondary N) is 3. The van der Waals surface area contributed by atoms with E-state index >= 15 is 0 Å². The van der Waals surface area contributed by atoms with E-state index in [1.807, 2.05) is 0 Å². The fourth-order valence-corrected chi connectivity index (χ4v) is 3.68. The van der Waals surface area contributed by atoms with E-state index in [0.29, 0.717) is 23.6 Å². The Labute approximate surface area is 159 Å². The Kier molecular flexibility index (Phi) is 4.12. The molecule has 146 valence electrons. The van der Waals surface area contributed by atoms with Gasteiger partial charge in [-0.25, -0.2) is 18.3 Å². The van der Waals surface area contributed by atoms with Crippen LogP contribution in [0.3, 0.4) is 0 Å². The number of halogens is 2. The zero-order valence-corrected chi connectivity index (χ0v) is 15.1.